The number of carbonyl (C=O) groups excluding carboxylic acids is 7. The van der Waals surface area contributed by atoms with Crippen LogP contribution in [0.15, 0.2) is 227 Å². The Balaban J connectivity index is 0.000000143. The van der Waals surface area contributed by atoms with E-state index in [1.165, 1.54) is 45.4 Å². The number of imide groups is 2. The summed E-state index contributed by atoms with van der Waals surface area (Å²) in [6.45, 7) is 36.8. The molecule has 0 saturated carbocycles. The van der Waals surface area contributed by atoms with Crippen LogP contribution in [0.25, 0.3) is 0 Å². The third-order valence-corrected chi connectivity index (χ3v) is 25.1. The quantitative estimate of drug-likeness (QED) is 0.0655. The summed E-state index contributed by atoms with van der Waals surface area (Å²) in [6.07, 6.45) is -0.186. The van der Waals surface area contributed by atoms with Crippen LogP contribution in [0.4, 0.5) is 33.2 Å². The first-order valence-corrected chi connectivity index (χ1v) is 39.7. The van der Waals surface area contributed by atoms with Crippen molar-refractivity contribution < 1.29 is 43.0 Å². The number of rotatable bonds is 8. The lowest BCUT2D eigenvalue weighted by molar-refractivity contribution is -0.151. The van der Waals surface area contributed by atoms with Crippen LogP contribution >= 0.6 is 79.6 Å². The highest BCUT2D eigenvalue weighted by Gasteiger charge is 2.69. The number of ether oxygens (including phenoxy) is 2. The molecule has 0 aromatic heterocycles. The van der Waals surface area contributed by atoms with Gasteiger partial charge in [-0.05, 0) is 195 Å². The number of fused-ring (bicyclic) bond motifs is 3. The molecule has 0 bridgehead atoms. The van der Waals surface area contributed by atoms with Gasteiger partial charge in [0.1, 0.15) is 5.60 Å². The van der Waals surface area contributed by atoms with Crippen molar-refractivity contribution in [2.24, 2.45) is 32.5 Å². The van der Waals surface area contributed by atoms with E-state index >= 15 is 0 Å². The molecular weight excluding hydrogens is 1680 g/mol. The Labute approximate surface area is 671 Å². The van der Waals surface area contributed by atoms with Crippen LogP contribution in [-0.2, 0) is 51.3 Å². The topological polar surface area (TPSA) is 187 Å². The highest BCUT2D eigenvalue weighted by atomic mass is 79.9. The summed E-state index contributed by atoms with van der Waals surface area (Å²) in [5.41, 5.74) is 13.6. The van der Waals surface area contributed by atoms with E-state index in [1.54, 1.807) is 52.0 Å². The Morgan fingerprint density at radius 1 is 0.402 bits per heavy atom. The Morgan fingerprint density at radius 3 is 1.01 bits per heavy atom. The fourth-order valence-electron chi connectivity index (χ4n) is 15.4. The largest absolute Gasteiger partial charge is 0.444 e. The molecule has 2 N–H and O–H groups in total. The van der Waals surface area contributed by atoms with E-state index in [2.05, 4.69) is 223 Å². The zero-order valence-electron chi connectivity index (χ0n) is 63.1. The normalized spacial score (nSPS) is 25.0. The Bertz CT molecular complexity index is 4390. The summed E-state index contributed by atoms with van der Waals surface area (Å²) in [4.78, 5) is 98.1. The lowest BCUT2D eigenvalue weighted by atomic mass is 9.70. The van der Waals surface area contributed by atoms with Crippen molar-refractivity contribution in [2.75, 3.05) is 90.8 Å². The lowest BCUT2D eigenvalue weighted by Gasteiger charge is -2.30. The first kappa shape index (κ1) is 81.9. The molecule has 6 atom stereocenters. The Kier molecular flexibility index (Phi) is 25.2. The Morgan fingerprint density at radius 2 is 0.701 bits per heavy atom. The summed E-state index contributed by atoms with van der Waals surface area (Å²) >= 11 is 17.0. The molecule has 22 heteroatoms. The molecule has 8 aliphatic rings. The van der Waals surface area contributed by atoms with Gasteiger partial charge < -0.3 is 29.9 Å². The van der Waals surface area contributed by atoms with Crippen molar-refractivity contribution in [1.82, 2.24) is 14.7 Å². The molecule has 0 unspecified atom stereocenters. The first-order valence-electron chi connectivity index (χ1n) is 35.7. The van der Waals surface area contributed by atoms with Gasteiger partial charge in [0.15, 0.2) is 0 Å². The molecule has 7 aromatic rings. The molecule has 0 spiro atoms. The van der Waals surface area contributed by atoms with Gasteiger partial charge in [-0.3, -0.25) is 29.0 Å². The number of hydrogen-bond donors (Lipinski definition) is 1. The van der Waals surface area contributed by atoms with Gasteiger partial charge in [-0.1, -0.05) is 168 Å². The minimum atomic E-state index is -0.702. The molecule has 0 radical (unpaired) electrons. The minimum Gasteiger partial charge on any atom is -0.444 e. The van der Waals surface area contributed by atoms with E-state index in [1.807, 2.05) is 106 Å². The maximum absolute atomic E-state index is 13.3. The van der Waals surface area contributed by atoms with Crippen LogP contribution in [0.5, 0.6) is 0 Å². The summed E-state index contributed by atoms with van der Waals surface area (Å²) in [5, 5.41) is 0. The van der Waals surface area contributed by atoms with Gasteiger partial charge in [0.25, 0.3) is 11.8 Å². The smallest absolute Gasteiger partial charge is 0.410 e. The van der Waals surface area contributed by atoms with E-state index in [-0.39, 0.29) is 40.6 Å². The van der Waals surface area contributed by atoms with Gasteiger partial charge in [0.05, 0.1) is 22.2 Å². The maximum Gasteiger partial charge on any atom is 0.410 e. The van der Waals surface area contributed by atoms with Crippen molar-refractivity contribution in [3.63, 3.8) is 0 Å². The minimum absolute atomic E-state index is 0.0803. The molecule has 0 aliphatic carbocycles. The SMILES string of the molecule is CC(C)(C)OC(=O)N1C[C@@]2(C)CN(c3ccc(Br)cc3)C[C@@]2(C)C1.CC1=C(C)C(=O)N(c2ccc(Br)cc2)C1=O.CC1=C(C)C(=O)OC1=O.C[C@@]12CN(Cc3ccccc3)C[C@]1(C)C(=O)N(c1ccc(Br)cc1)C2=O.C[C@@]12CN(Cc3ccccc3)C[C@]1(C)CN(c1ccc(Br)cc1)C2.Nc1ccc(Br)cc1. The number of nitrogens with zero attached hydrogens (tertiary/aromatic N) is 7. The van der Waals surface area contributed by atoms with Crippen molar-refractivity contribution in [3.8, 4) is 0 Å². The van der Waals surface area contributed by atoms with Gasteiger partial charge >= 0.3 is 18.0 Å². The third kappa shape index (κ3) is 18.2. The zero-order chi connectivity index (χ0) is 77.9. The number of amides is 5. The third-order valence-electron chi connectivity index (χ3n) is 22.5. The molecular formula is C85H95Br5N8O9. The van der Waals surface area contributed by atoms with E-state index in [9.17, 15) is 33.6 Å². The number of halogens is 5. The number of nitrogens with two attached hydrogens (primary N) is 1. The Hall–Kier alpha value is -7.57. The molecule has 6 saturated heterocycles. The highest BCUT2D eigenvalue weighted by molar-refractivity contribution is 9.11. The fourth-order valence-corrected chi connectivity index (χ4v) is 16.7. The molecule has 564 valence electrons. The molecule has 5 amide bonds. The molecule has 6 fully saturated rings. The second-order valence-electron chi connectivity index (χ2n) is 31.7. The predicted octanol–water partition coefficient (Wildman–Crippen LogP) is 18.3. The molecule has 17 nitrogen and oxygen atoms in total. The van der Waals surface area contributed by atoms with Crippen LogP contribution in [0.1, 0.15) is 101 Å². The first-order chi connectivity index (χ1) is 50.3. The molecule has 107 heavy (non-hydrogen) atoms. The second-order valence-corrected chi connectivity index (χ2v) is 36.3. The molecule has 8 aliphatic heterocycles. The van der Waals surface area contributed by atoms with E-state index in [4.69, 9.17) is 10.5 Å². The molecule has 15 rings (SSSR count). The number of hydrogen-bond acceptors (Lipinski definition) is 14. The van der Waals surface area contributed by atoms with Crippen LogP contribution in [0, 0.1) is 32.5 Å². The van der Waals surface area contributed by atoms with Crippen molar-refractivity contribution >= 4 is 150 Å². The predicted molar refractivity (Wildman–Crippen MR) is 442 cm³/mol. The monoisotopic (exact) mass is 1770 g/mol. The van der Waals surface area contributed by atoms with Crippen molar-refractivity contribution in [1.29, 1.82) is 0 Å². The number of esters is 2. The number of benzene rings is 7. The van der Waals surface area contributed by atoms with E-state index in [0.29, 0.717) is 57.6 Å². The molecule has 8 heterocycles. The number of carbonyl (C=O) groups is 7. The van der Waals surface area contributed by atoms with Crippen molar-refractivity contribution in [3.05, 3.63) is 238 Å². The van der Waals surface area contributed by atoms with E-state index < -0.39 is 28.4 Å². The number of cyclic esters (lactones) is 2. The number of anilines is 5. The number of likely N-dealkylation sites (tertiary alicyclic amines) is 3. The summed E-state index contributed by atoms with van der Waals surface area (Å²) in [5.74, 6) is -1.68. The van der Waals surface area contributed by atoms with Crippen LogP contribution < -0.4 is 25.3 Å². The standard InChI is InChI=1S/C21H21BrN2O2.C21H25BrN2.C19H27BrN2O2.C12H10BrNO2.C6H6BrN.C6H6O3/c1-20-13-23(12-15-6-4-3-5-7-15)14-21(20,2)19(26)24(18(20)25)17-10-8-16(22)9-11-17;1-20-13-23(12-17-6-4-3-5-7-17)14-21(20,2)16-24(15-20)19-10-8-18(22)9-11-19;1-17(2,3)24-16(23)22-12-18(4)10-21(11-19(18,5)13-22)15-8-6-14(20)7-9-15;1-7-8(2)12(16)14(11(7)15)10-5-3-9(13)4-6-10;7-5-1-3-6(8)4-2-5;1-3-4(2)6(8)9-5(3)7/h3-11H,12-14H2,1-2H3;3-11H,12-16H2,1-2H3;6-9H,10-13H2,1-5H3;3-6H,1-2H3;1-4H,8H2;1-2H3/t2*20-,21+;18-,19+;;;. The van der Waals surface area contributed by atoms with Gasteiger partial charge in [-0.15, -0.1) is 0 Å². The summed E-state index contributed by atoms with van der Waals surface area (Å²) in [6, 6.07) is 60.3. The van der Waals surface area contributed by atoms with Gasteiger partial charge in [-0.25, -0.2) is 24.2 Å². The summed E-state index contributed by atoms with van der Waals surface area (Å²) in [7, 11) is 0. The van der Waals surface area contributed by atoms with Gasteiger partial charge in [-0.2, -0.15) is 0 Å². The van der Waals surface area contributed by atoms with E-state index in [0.717, 1.165) is 80.4 Å². The average Bonchev–Trinajstić information content (AvgIpc) is 1.56. The second kappa shape index (κ2) is 32.9. The fraction of sp³-hybridized carbons (Fsp3) is 0.376. The zero-order valence-corrected chi connectivity index (χ0v) is 71.0. The van der Waals surface area contributed by atoms with Gasteiger partial charge in [0, 0.05) is 162 Å². The molecule has 7 aromatic carbocycles. The van der Waals surface area contributed by atoms with Gasteiger partial charge in [0.2, 0.25) is 11.8 Å². The average molecular weight is 1770 g/mol. The van der Waals surface area contributed by atoms with Crippen LogP contribution in [0.2, 0.25) is 0 Å². The highest BCUT2D eigenvalue weighted by Crippen LogP contribution is 2.56. The van der Waals surface area contributed by atoms with Crippen LogP contribution in [-0.4, -0.2) is 127 Å². The van der Waals surface area contributed by atoms with Crippen LogP contribution in [0.3, 0.4) is 0 Å². The number of nitrogen functional groups attached to an aromatic ring is 1. The maximum atomic E-state index is 13.3. The van der Waals surface area contributed by atoms with Crippen molar-refractivity contribution in [2.45, 2.75) is 109 Å². The summed E-state index contributed by atoms with van der Waals surface area (Å²) < 4.78 is 14.9. The lowest BCUT2D eigenvalue weighted by Crippen LogP contribution is -2.39.